The third kappa shape index (κ3) is 7.48. The molecule has 12 heteroatoms. The lowest BCUT2D eigenvalue weighted by Gasteiger charge is -2.14. The van der Waals surface area contributed by atoms with Crippen LogP contribution in [0.25, 0.3) is 0 Å². The second-order valence-electron chi connectivity index (χ2n) is 8.24. The number of carbonyl (C=O) groups is 2. The van der Waals surface area contributed by atoms with Gasteiger partial charge < -0.3 is 9.47 Å². The number of aryl methyl sites for hydroxylation is 2. The summed E-state index contributed by atoms with van der Waals surface area (Å²) in [4.78, 5) is 25.2. The SMILES string of the molecule is COC(C(=O)Nc1nnc(CCCCc2nnc(NC(=O)[C@H](OC)c3ccccc3)s2)s1)c1ccccc1. The first-order chi connectivity index (χ1) is 18.6. The van der Waals surface area contributed by atoms with Crippen LogP contribution in [0.5, 0.6) is 0 Å². The summed E-state index contributed by atoms with van der Waals surface area (Å²) in [6, 6.07) is 18.6. The number of ether oxygens (including phenoxy) is 2. The molecule has 0 fully saturated rings. The first-order valence-electron chi connectivity index (χ1n) is 12.0. The zero-order valence-electron chi connectivity index (χ0n) is 21.0. The van der Waals surface area contributed by atoms with Crippen LogP contribution in [-0.4, -0.2) is 46.4 Å². The minimum atomic E-state index is -0.719. The summed E-state index contributed by atoms with van der Waals surface area (Å²) in [5.74, 6) is -0.581. The van der Waals surface area contributed by atoms with Gasteiger partial charge >= 0.3 is 0 Å². The second-order valence-corrected chi connectivity index (χ2v) is 10.4. The highest BCUT2D eigenvalue weighted by Crippen LogP contribution is 2.24. The molecule has 2 heterocycles. The number of hydrogen-bond donors (Lipinski definition) is 2. The number of amides is 2. The van der Waals surface area contributed by atoms with Gasteiger partial charge in [0.2, 0.25) is 10.3 Å². The van der Waals surface area contributed by atoms with Gasteiger partial charge in [-0.3, -0.25) is 20.2 Å². The number of benzene rings is 2. The van der Waals surface area contributed by atoms with Gasteiger partial charge in [-0.25, -0.2) is 0 Å². The lowest BCUT2D eigenvalue weighted by atomic mass is 10.1. The highest BCUT2D eigenvalue weighted by molar-refractivity contribution is 7.15. The third-order valence-corrected chi connectivity index (χ3v) is 7.37. The van der Waals surface area contributed by atoms with Crippen molar-refractivity contribution >= 4 is 44.8 Å². The maximum absolute atomic E-state index is 12.6. The second kappa shape index (κ2) is 13.8. The van der Waals surface area contributed by atoms with Gasteiger partial charge in [-0.05, 0) is 24.0 Å². The zero-order valence-corrected chi connectivity index (χ0v) is 22.6. The molecule has 0 saturated heterocycles. The number of unbranched alkanes of at least 4 members (excludes halogenated alkanes) is 1. The van der Waals surface area contributed by atoms with Crippen molar-refractivity contribution in [1.82, 2.24) is 20.4 Å². The largest absolute Gasteiger partial charge is 0.367 e. The maximum atomic E-state index is 12.6. The molecule has 198 valence electrons. The van der Waals surface area contributed by atoms with E-state index in [0.29, 0.717) is 10.3 Å². The van der Waals surface area contributed by atoms with Gasteiger partial charge in [0, 0.05) is 27.1 Å². The number of carbonyl (C=O) groups excluding carboxylic acids is 2. The van der Waals surface area contributed by atoms with E-state index in [0.717, 1.165) is 46.8 Å². The number of rotatable bonds is 13. The van der Waals surface area contributed by atoms with E-state index in [1.807, 2.05) is 60.7 Å². The van der Waals surface area contributed by atoms with E-state index in [-0.39, 0.29) is 11.8 Å². The van der Waals surface area contributed by atoms with Crippen molar-refractivity contribution in [2.75, 3.05) is 24.9 Å². The van der Waals surface area contributed by atoms with Crippen molar-refractivity contribution in [3.8, 4) is 0 Å². The normalized spacial score (nSPS) is 12.6. The fourth-order valence-electron chi connectivity index (χ4n) is 3.75. The van der Waals surface area contributed by atoms with Crippen LogP contribution in [-0.2, 0) is 31.9 Å². The quantitative estimate of drug-likeness (QED) is 0.230. The predicted molar refractivity (Wildman–Crippen MR) is 146 cm³/mol. The molecule has 0 radical (unpaired) electrons. The highest BCUT2D eigenvalue weighted by Gasteiger charge is 2.22. The van der Waals surface area contributed by atoms with Crippen LogP contribution >= 0.6 is 22.7 Å². The van der Waals surface area contributed by atoms with E-state index in [1.165, 1.54) is 36.9 Å². The fraction of sp³-hybridized carbons (Fsp3) is 0.308. The molecule has 0 aliphatic rings. The molecule has 2 atom stereocenters. The van der Waals surface area contributed by atoms with Crippen molar-refractivity contribution in [3.05, 3.63) is 81.8 Å². The van der Waals surface area contributed by atoms with Crippen molar-refractivity contribution in [2.45, 2.75) is 37.9 Å². The molecule has 0 aliphatic heterocycles. The van der Waals surface area contributed by atoms with Crippen LogP contribution in [0.1, 0.15) is 46.2 Å². The standard InChI is InChI=1S/C26H28N6O4S2/c1-35-21(17-11-5-3-6-12-17)23(33)27-25-31-29-19(37-25)15-9-10-16-20-30-32-26(38-20)28-24(34)22(36-2)18-13-7-4-8-14-18/h3-8,11-14,21-22H,9-10,15-16H2,1-2H3,(H,27,31,33)(H,28,32,34)/t21-,22?/m1/s1. The summed E-state index contributed by atoms with van der Waals surface area (Å²) in [7, 11) is 3.00. The summed E-state index contributed by atoms with van der Waals surface area (Å²) in [6.45, 7) is 0. The minimum absolute atomic E-state index is 0.291. The average molecular weight is 553 g/mol. The van der Waals surface area contributed by atoms with Gasteiger partial charge in [0.1, 0.15) is 10.0 Å². The van der Waals surface area contributed by atoms with E-state index < -0.39 is 12.2 Å². The maximum Gasteiger partial charge on any atom is 0.259 e. The van der Waals surface area contributed by atoms with Crippen molar-refractivity contribution in [2.24, 2.45) is 0 Å². The van der Waals surface area contributed by atoms with Crippen LogP contribution in [0.15, 0.2) is 60.7 Å². The first-order valence-corrected chi connectivity index (χ1v) is 13.6. The van der Waals surface area contributed by atoms with Crippen LogP contribution in [0.3, 0.4) is 0 Å². The Kier molecular flexibility index (Phi) is 9.98. The number of anilines is 2. The molecule has 2 amide bonds. The Bertz CT molecular complexity index is 1210. The lowest BCUT2D eigenvalue weighted by molar-refractivity contribution is -0.126. The van der Waals surface area contributed by atoms with Crippen LogP contribution in [0, 0.1) is 0 Å². The van der Waals surface area contributed by atoms with Crippen LogP contribution in [0.2, 0.25) is 0 Å². The molecular formula is C26H28N6O4S2. The van der Waals surface area contributed by atoms with Crippen LogP contribution in [0.4, 0.5) is 10.3 Å². The van der Waals surface area contributed by atoms with E-state index >= 15 is 0 Å². The summed E-state index contributed by atoms with van der Waals surface area (Å²) in [5.41, 5.74) is 1.54. The lowest BCUT2D eigenvalue weighted by Crippen LogP contribution is -2.22. The molecule has 4 aromatic rings. The van der Waals surface area contributed by atoms with E-state index in [4.69, 9.17) is 9.47 Å². The smallest absolute Gasteiger partial charge is 0.259 e. The Balaban J connectivity index is 1.20. The monoisotopic (exact) mass is 552 g/mol. The van der Waals surface area contributed by atoms with Gasteiger partial charge in [-0.2, -0.15) is 0 Å². The van der Waals surface area contributed by atoms with E-state index in [2.05, 4.69) is 31.0 Å². The zero-order chi connectivity index (χ0) is 26.7. The number of aromatic nitrogens is 4. The molecule has 2 aromatic heterocycles. The molecule has 10 nitrogen and oxygen atoms in total. The van der Waals surface area contributed by atoms with E-state index in [1.54, 1.807) is 0 Å². The fourth-order valence-corrected chi connectivity index (χ4v) is 5.32. The number of nitrogens with zero attached hydrogens (tertiary/aromatic N) is 4. The average Bonchev–Trinajstić information content (AvgIpc) is 3.58. The van der Waals surface area contributed by atoms with Gasteiger partial charge in [0.15, 0.2) is 12.2 Å². The number of hydrogen-bond acceptors (Lipinski definition) is 10. The third-order valence-electron chi connectivity index (χ3n) is 5.58. The summed E-state index contributed by atoms with van der Waals surface area (Å²) >= 11 is 2.70. The predicted octanol–water partition coefficient (Wildman–Crippen LogP) is 4.61. The van der Waals surface area contributed by atoms with Gasteiger partial charge in [-0.1, -0.05) is 83.3 Å². The summed E-state index contributed by atoms with van der Waals surface area (Å²) < 4.78 is 10.7. The van der Waals surface area contributed by atoms with Crippen LogP contribution < -0.4 is 10.6 Å². The minimum Gasteiger partial charge on any atom is -0.367 e. The number of methoxy groups -OCH3 is 2. The Labute approximate surface area is 228 Å². The molecule has 0 spiro atoms. The van der Waals surface area contributed by atoms with Crippen molar-refractivity contribution < 1.29 is 19.1 Å². The molecule has 0 bridgehead atoms. The molecule has 38 heavy (non-hydrogen) atoms. The molecule has 0 saturated carbocycles. The van der Waals surface area contributed by atoms with Crippen molar-refractivity contribution in [3.63, 3.8) is 0 Å². The Morgan fingerprint density at radius 3 is 1.45 bits per heavy atom. The molecule has 0 aliphatic carbocycles. The highest BCUT2D eigenvalue weighted by atomic mass is 32.1. The molecule has 2 aromatic carbocycles. The summed E-state index contributed by atoms with van der Waals surface area (Å²) in [5, 5.41) is 24.7. The topological polar surface area (TPSA) is 128 Å². The van der Waals surface area contributed by atoms with E-state index in [9.17, 15) is 9.59 Å². The molecule has 4 rings (SSSR count). The van der Waals surface area contributed by atoms with Gasteiger partial charge in [-0.15, -0.1) is 20.4 Å². The Morgan fingerprint density at radius 1 is 0.684 bits per heavy atom. The summed E-state index contributed by atoms with van der Waals surface area (Å²) in [6.07, 6.45) is 1.76. The molecule has 2 N–H and O–H groups in total. The van der Waals surface area contributed by atoms with Crippen molar-refractivity contribution in [1.29, 1.82) is 0 Å². The van der Waals surface area contributed by atoms with Gasteiger partial charge in [0.25, 0.3) is 11.8 Å². The molecular weight excluding hydrogens is 524 g/mol. The molecule has 1 unspecified atom stereocenters. The number of nitrogens with one attached hydrogen (secondary N) is 2. The van der Waals surface area contributed by atoms with Gasteiger partial charge in [0.05, 0.1) is 0 Å². The first kappa shape index (κ1) is 27.5. The Morgan fingerprint density at radius 2 is 1.08 bits per heavy atom. The Hall–Kier alpha value is -3.58.